The minimum atomic E-state index is 1.06. The lowest BCUT2D eigenvalue weighted by atomic mass is 10.2. The van der Waals surface area contributed by atoms with Gasteiger partial charge >= 0.3 is 0 Å². The summed E-state index contributed by atoms with van der Waals surface area (Å²) in [4.78, 5) is 4.18. The summed E-state index contributed by atoms with van der Waals surface area (Å²) in [7, 11) is 0. The van der Waals surface area contributed by atoms with E-state index in [1.54, 1.807) is 0 Å². The highest BCUT2D eigenvalue weighted by atomic mass is 14.6. The van der Waals surface area contributed by atoms with E-state index in [-0.39, 0.29) is 0 Å². The summed E-state index contributed by atoms with van der Waals surface area (Å²) in [6.07, 6.45) is 1.81. The summed E-state index contributed by atoms with van der Waals surface area (Å²) < 4.78 is 0. The van der Waals surface area contributed by atoms with Crippen LogP contribution in [0.4, 0.5) is 0 Å². The predicted octanol–water partition coefficient (Wildman–Crippen LogP) is 4.64. The highest BCUT2D eigenvalue weighted by Crippen LogP contribution is 2.07. The van der Waals surface area contributed by atoms with Crippen molar-refractivity contribution < 1.29 is 0 Å². The quantitative estimate of drug-likeness (QED) is 0.581. The first-order valence-corrected chi connectivity index (χ1v) is 4.76. The fourth-order valence-corrected chi connectivity index (χ4v) is 1.02. The van der Waals surface area contributed by atoms with Crippen LogP contribution in [-0.4, -0.2) is 4.98 Å². The van der Waals surface area contributed by atoms with Crippen molar-refractivity contribution in [3.8, 4) is 0 Å². The molecule has 0 saturated carbocycles. The number of pyridine rings is 1. The standard InChI is InChI=1S/C9H7N.3C2H4/c1-2-6-9-8(4-1)5-3-7-10-9;3*1-2/h1-7H;3*1-2H2. The maximum absolute atomic E-state index is 4.18. The summed E-state index contributed by atoms with van der Waals surface area (Å²) in [6.45, 7) is 18.0. The molecule has 0 aliphatic rings. The molecular weight excluding hydrogens is 194 g/mol. The molecule has 1 heterocycles. The molecule has 0 bridgehead atoms. The van der Waals surface area contributed by atoms with Crippen LogP contribution in [0.2, 0.25) is 0 Å². The van der Waals surface area contributed by atoms with E-state index in [4.69, 9.17) is 0 Å². The average Bonchev–Trinajstić information content (AvgIpc) is 2.45. The number of benzene rings is 1. The van der Waals surface area contributed by atoms with Gasteiger partial charge in [0, 0.05) is 11.6 Å². The Kier molecular flexibility index (Phi) is 13.1. The van der Waals surface area contributed by atoms with E-state index in [1.165, 1.54) is 5.39 Å². The Morgan fingerprint density at radius 3 is 1.75 bits per heavy atom. The van der Waals surface area contributed by atoms with Crippen molar-refractivity contribution in [2.75, 3.05) is 0 Å². The highest BCUT2D eigenvalue weighted by molar-refractivity contribution is 5.77. The lowest BCUT2D eigenvalue weighted by Crippen LogP contribution is -1.73. The Balaban J connectivity index is 0. The van der Waals surface area contributed by atoms with Crippen molar-refractivity contribution >= 4 is 10.9 Å². The first-order valence-electron chi connectivity index (χ1n) is 4.76. The first kappa shape index (κ1) is 16.3. The largest absolute Gasteiger partial charge is 0.256 e. The highest BCUT2D eigenvalue weighted by Gasteiger charge is 1.86. The van der Waals surface area contributed by atoms with E-state index >= 15 is 0 Å². The Morgan fingerprint density at radius 1 is 0.688 bits per heavy atom. The molecule has 0 radical (unpaired) electrons. The minimum Gasteiger partial charge on any atom is -0.256 e. The first-order chi connectivity index (χ1) is 7.97. The third-order valence-corrected chi connectivity index (χ3v) is 1.51. The van der Waals surface area contributed by atoms with Gasteiger partial charge in [-0.1, -0.05) is 24.3 Å². The maximum atomic E-state index is 4.18. The van der Waals surface area contributed by atoms with Crippen molar-refractivity contribution in [2.45, 2.75) is 0 Å². The molecule has 1 aromatic heterocycles. The molecule has 84 valence electrons. The van der Waals surface area contributed by atoms with Crippen LogP contribution in [0.5, 0.6) is 0 Å². The van der Waals surface area contributed by atoms with Crippen molar-refractivity contribution in [3.05, 3.63) is 82.1 Å². The van der Waals surface area contributed by atoms with Crippen LogP contribution in [0.15, 0.2) is 82.1 Å². The van der Waals surface area contributed by atoms with E-state index in [0.717, 1.165) is 5.52 Å². The summed E-state index contributed by atoms with van der Waals surface area (Å²) in [5.41, 5.74) is 1.06. The number of rotatable bonds is 0. The van der Waals surface area contributed by atoms with E-state index in [9.17, 15) is 0 Å². The zero-order valence-electron chi connectivity index (χ0n) is 9.73. The van der Waals surface area contributed by atoms with Crippen LogP contribution in [0, 0.1) is 0 Å². The van der Waals surface area contributed by atoms with Crippen LogP contribution in [0.1, 0.15) is 0 Å². The van der Waals surface area contributed by atoms with E-state index in [1.807, 2.05) is 30.5 Å². The van der Waals surface area contributed by atoms with Gasteiger partial charge in [-0.25, -0.2) is 0 Å². The molecular formula is C15H19N. The molecule has 16 heavy (non-hydrogen) atoms. The van der Waals surface area contributed by atoms with Gasteiger partial charge in [-0.05, 0) is 12.1 Å². The number of hydrogen-bond donors (Lipinski definition) is 0. The summed E-state index contributed by atoms with van der Waals surface area (Å²) in [6, 6.07) is 12.1. The molecule has 1 heteroatoms. The molecule has 0 unspecified atom stereocenters. The second-order valence-corrected chi connectivity index (χ2v) is 2.20. The van der Waals surface area contributed by atoms with Gasteiger partial charge in [-0.2, -0.15) is 0 Å². The third-order valence-electron chi connectivity index (χ3n) is 1.51. The van der Waals surface area contributed by atoms with Crippen molar-refractivity contribution in [1.29, 1.82) is 0 Å². The molecule has 0 amide bonds. The monoisotopic (exact) mass is 213 g/mol. The number of aromatic nitrogens is 1. The number of nitrogens with zero attached hydrogens (tertiary/aromatic N) is 1. The van der Waals surface area contributed by atoms with Gasteiger partial charge < -0.3 is 0 Å². The molecule has 1 aromatic carbocycles. The fraction of sp³-hybridized carbons (Fsp3) is 0. The van der Waals surface area contributed by atoms with Crippen molar-refractivity contribution in [2.24, 2.45) is 0 Å². The van der Waals surface area contributed by atoms with Crippen LogP contribution in [-0.2, 0) is 0 Å². The molecule has 0 N–H and O–H groups in total. The SMILES string of the molecule is C=C.C=C.C=C.c1ccc2ncccc2c1. The van der Waals surface area contributed by atoms with Crippen LogP contribution < -0.4 is 0 Å². The van der Waals surface area contributed by atoms with E-state index in [2.05, 4.69) is 56.6 Å². The summed E-state index contributed by atoms with van der Waals surface area (Å²) in [5, 5.41) is 1.20. The molecule has 1 nitrogen and oxygen atoms in total. The molecule has 0 spiro atoms. The molecule has 0 atom stereocenters. The zero-order chi connectivity index (χ0) is 12.8. The summed E-state index contributed by atoms with van der Waals surface area (Å²) >= 11 is 0. The van der Waals surface area contributed by atoms with Gasteiger partial charge in [0.2, 0.25) is 0 Å². The van der Waals surface area contributed by atoms with Gasteiger partial charge in [0.1, 0.15) is 0 Å². The molecule has 2 rings (SSSR count). The van der Waals surface area contributed by atoms with Crippen LogP contribution in [0.25, 0.3) is 10.9 Å². The molecule has 0 aliphatic carbocycles. The molecule has 0 fully saturated rings. The van der Waals surface area contributed by atoms with E-state index in [0.29, 0.717) is 0 Å². The number of fused-ring (bicyclic) bond motifs is 1. The van der Waals surface area contributed by atoms with Gasteiger partial charge in [0.15, 0.2) is 0 Å². The second kappa shape index (κ2) is 12.8. The van der Waals surface area contributed by atoms with Crippen LogP contribution >= 0.6 is 0 Å². The van der Waals surface area contributed by atoms with Crippen molar-refractivity contribution in [1.82, 2.24) is 4.98 Å². The Bertz CT molecular complexity index is 312. The number of para-hydroxylation sites is 1. The Hall–Kier alpha value is -2.15. The number of hydrogen-bond acceptors (Lipinski definition) is 1. The molecule has 0 aliphatic heterocycles. The van der Waals surface area contributed by atoms with Gasteiger partial charge in [0.25, 0.3) is 0 Å². The smallest absolute Gasteiger partial charge is 0.0701 e. The predicted molar refractivity (Wildman–Crippen MR) is 75.5 cm³/mol. The molecule has 0 saturated heterocycles. The minimum absolute atomic E-state index is 1.06. The lowest BCUT2D eigenvalue weighted by molar-refractivity contribution is 1.41. The zero-order valence-corrected chi connectivity index (χ0v) is 9.73. The average molecular weight is 213 g/mol. The molecule has 2 aromatic rings. The topological polar surface area (TPSA) is 12.9 Å². The Labute approximate surface area is 98.5 Å². The Morgan fingerprint density at radius 2 is 1.19 bits per heavy atom. The van der Waals surface area contributed by atoms with Gasteiger partial charge in [0.05, 0.1) is 5.52 Å². The van der Waals surface area contributed by atoms with Crippen molar-refractivity contribution in [3.63, 3.8) is 0 Å². The van der Waals surface area contributed by atoms with Gasteiger partial charge in [-0.15, -0.1) is 39.5 Å². The fourth-order valence-electron chi connectivity index (χ4n) is 1.02. The maximum Gasteiger partial charge on any atom is 0.0701 e. The normalized spacial score (nSPS) is 7.00. The van der Waals surface area contributed by atoms with E-state index < -0.39 is 0 Å². The third kappa shape index (κ3) is 5.55. The lowest BCUT2D eigenvalue weighted by Gasteiger charge is -1.91. The second-order valence-electron chi connectivity index (χ2n) is 2.20. The summed E-state index contributed by atoms with van der Waals surface area (Å²) in [5.74, 6) is 0. The van der Waals surface area contributed by atoms with Gasteiger partial charge in [-0.3, -0.25) is 4.98 Å². The van der Waals surface area contributed by atoms with Crippen LogP contribution in [0.3, 0.4) is 0 Å².